The number of halogens is 1. The number of para-hydroxylation sites is 1. The van der Waals surface area contributed by atoms with Crippen LogP contribution in [0.1, 0.15) is 0 Å². The van der Waals surface area contributed by atoms with Gasteiger partial charge in [0, 0.05) is 23.7 Å². The molecule has 0 spiro atoms. The Morgan fingerprint density at radius 2 is 1.81 bits per heavy atom. The Morgan fingerprint density at radius 3 is 2.59 bits per heavy atom. The van der Waals surface area contributed by atoms with Crippen LogP contribution in [0, 0.1) is 15.9 Å². The van der Waals surface area contributed by atoms with Crippen LogP contribution in [-0.2, 0) is 0 Å². The van der Waals surface area contributed by atoms with Gasteiger partial charge in [-0.3, -0.25) is 15.1 Å². The van der Waals surface area contributed by atoms with Crippen LogP contribution in [0.4, 0.5) is 21.6 Å². The molecule has 27 heavy (non-hydrogen) atoms. The third-order valence-corrected chi connectivity index (χ3v) is 3.91. The fourth-order valence-corrected chi connectivity index (χ4v) is 2.63. The van der Waals surface area contributed by atoms with Crippen LogP contribution < -0.4 is 5.32 Å². The molecule has 7 nitrogen and oxygen atoms in total. The standard InChI is InChI=1S/C19H12FN5O2/c20-14-9-8-12(25(26)27)11-17(14)23-18-13-5-1-2-6-15(13)22-19(24-18)16-7-3-4-10-21-16/h1-11H,(H,22,23,24). The summed E-state index contributed by atoms with van der Waals surface area (Å²) >= 11 is 0. The maximum absolute atomic E-state index is 14.2. The van der Waals surface area contributed by atoms with Crippen LogP contribution >= 0.6 is 0 Å². The van der Waals surface area contributed by atoms with E-state index in [4.69, 9.17) is 0 Å². The lowest BCUT2D eigenvalue weighted by Crippen LogP contribution is -2.02. The first-order chi connectivity index (χ1) is 13.1. The van der Waals surface area contributed by atoms with Crippen molar-refractivity contribution in [1.82, 2.24) is 15.0 Å². The van der Waals surface area contributed by atoms with Gasteiger partial charge in [0.2, 0.25) is 0 Å². The molecule has 0 saturated carbocycles. The number of nitro groups is 1. The van der Waals surface area contributed by atoms with E-state index in [1.807, 2.05) is 12.1 Å². The molecule has 0 radical (unpaired) electrons. The van der Waals surface area contributed by atoms with Gasteiger partial charge in [0.25, 0.3) is 5.69 Å². The Balaban J connectivity index is 1.86. The number of nitrogens with one attached hydrogen (secondary N) is 1. The van der Waals surface area contributed by atoms with Gasteiger partial charge in [-0.25, -0.2) is 14.4 Å². The Kier molecular flexibility index (Phi) is 4.13. The second kappa shape index (κ2) is 6.75. The molecular formula is C19H12FN5O2. The smallest absolute Gasteiger partial charge is 0.271 e. The molecule has 0 saturated heterocycles. The van der Waals surface area contributed by atoms with Crippen molar-refractivity contribution in [3.8, 4) is 11.5 Å². The first-order valence-corrected chi connectivity index (χ1v) is 8.01. The summed E-state index contributed by atoms with van der Waals surface area (Å²) in [6.45, 7) is 0. The maximum atomic E-state index is 14.2. The summed E-state index contributed by atoms with van der Waals surface area (Å²) in [6.07, 6.45) is 1.63. The average molecular weight is 361 g/mol. The van der Waals surface area contributed by atoms with Crippen molar-refractivity contribution in [2.24, 2.45) is 0 Å². The lowest BCUT2D eigenvalue weighted by Gasteiger charge is -2.11. The first-order valence-electron chi connectivity index (χ1n) is 8.01. The molecule has 0 bridgehead atoms. The van der Waals surface area contributed by atoms with Crippen molar-refractivity contribution in [1.29, 1.82) is 0 Å². The molecule has 0 fully saturated rings. The summed E-state index contributed by atoms with van der Waals surface area (Å²) in [5, 5.41) is 14.5. The van der Waals surface area contributed by atoms with Gasteiger partial charge in [0.1, 0.15) is 17.3 Å². The molecule has 0 aliphatic heterocycles. The lowest BCUT2D eigenvalue weighted by atomic mass is 10.2. The predicted molar refractivity (Wildman–Crippen MR) is 99.1 cm³/mol. The minimum atomic E-state index is -0.623. The van der Waals surface area contributed by atoms with E-state index in [9.17, 15) is 14.5 Å². The Labute approximate surface area is 152 Å². The zero-order chi connectivity index (χ0) is 18.8. The predicted octanol–water partition coefficient (Wildman–Crippen LogP) is 4.48. The molecule has 2 aromatic carbocycles. The fraction of sp³-hybridized carbons (Fsp3) is 0. The highest BCUT2D eigenvalue weighted by molar-refractivity contribution is 5.92. The number of fused-ring (bicyclic) bond motifs is 1. The Bertz CT molecular complexity index is 1150. The van der Waals surface area contributed by atoms with E-state index < -0.39 is 10.7 Å². The van der Waals surface area contributed by atoms with Crippen molar-refractivity contribution in [2.45, 2.75) is 0 Å². The molecular weight excluding hydrogens is 349 g/mol. The summed E-state index contributed by atoms with van der Waals surface area (Å²) in [4.78, 5) is 23.6. The van der Waals surface area contributed by atoms with Gasteiger partial charge in [0.15, 0.2) is 5.82 Å². The number of rotatable bonds is 4. The van der Waals surface area contributed by atoms with Gasteiger partial charge in [-0.2, -0.15) is 0 Å². The molecule has 4 rings (SSSR count). The van der Waals surface area contributed by atoms with E-state index in [1.54, 1.807) is 36.5 Å². The highest BCUT2D eigenvalue weighted by Gasteiger charge is 2.15. The quantitative estimate of drug-likeness (QED) is 0.425. The molecule has 0 aliphatic carbocycles. The SMILES string of the molecule is O=[N+]([O-])c1ccc(F)c(Nc2nc(-c3ccccn3)nc3ccccc23)c1. The van der Waals surface area contributed by atoms with Crippen LogP contribution in [-0.4, -0.2) is 19.9 Å². The van der Waals surface area contributed by atoms with E-state index in [0.717, 1.165) is 18.2 Å². The van der Waals surface area contributed by atoms with Crippen molar-refractivity contribution >= 4 is 28.1 Å². The number of nitrogens with zero attached hydrogens (tertiary/aromatic N) is 4. The molecule has 0 aliphatic rings. The van der Waals surface area contributed by atoms with Crippen molar-refractivity contribution in [3.63, 3.8) is 0 Å². The Morgan fingerprint density at radius 1 is 1.00 bits per heavy atom. The number of benzene rings is 2. The van der Waals surface area contributed by atoms with Gasteiger partial charge in [-0.15, -0.1) is 0 Å². The van der Waals surface area contributed by atoms with Crippen LogP contribution in [0.15, 0.2) is 66.9 Å². The summed E-state index contributed by atoms with van der Waals surface area (Å²) in [5.74, 6) is 0.0750. The van der Waals surface area contributed by atoms with E-state index in [0.29, 0.717) is 28.2 Å². The molecule has 132 valence electrons. The number of nitro benzene ring substituents is 1. The number of hydrogen-bond donors (Lipinski definition) is 1. The summed E-state index contributed by atoms with van der Waals surface area (Å²) in [5.41, 5.74) is 0.939. The van der Waals surface area contributed by atoms with Gasteiger partial charge >= 0.3 is 0 Å². The van der Waals surface area contributed by atoms with E-state index >= 15 is 0 Å². The molecule has 2 heterocycles. The second-order valence-corrected chi connectivity index (χ2v) is 5.67. The monoisotopic (exact) mass is 361 g/mol. The zero-order valence-corrected chi connectivity index (χ0v) is 13.8. The number of non-ortho nitro benzene ring substituents is 1. The highest BCUT2D eigenvalue weighted by atomic mass is 19.1. The number of hydrogen-bond acceptors (Lipinski definition) is 6. The molecule has 2 aromatic heterocycles. The van der Waals surface area contributed by atoms with Gasteiger partial charge in [-0.1, -0.05) is 18.2 Å². The molecule has 8 heteroatoms. The van der Waals surface area contributed by atoms with Gasteiger partial charge < -0.3 is 5.32 Å². The topological polar surface area (TPSA) is 93.8 Å². The molecule has 4 aromatic rings. The summed E-state index contributed by atoms with van der Waals surface area (Å²) < 4.78 is 14.2. The second-order valence-electron chi connectivity index (χ2n) is 5.67. The molecule has 0 unspecified atom stereocenters. The lowest BCUT2D eigenvalue weighted by molar-refractivity contribution is -0.384. The van der Waals surface area contributed by atoms with E-state index in [2.05, 4.69) is 20.3 Å². The Hall–Kier alpha value is -3.94. The van der Waals surface area contributed by atoms with Gasteiger partial charge in [0.05, 0.1) is 16.1 Å². The third kappa shape index (κ3) is 3.28. The normalized spacial score (nSPS) is 10.7. The van der Waals surface area contributed by atoms with Crippen LogP contribution in [0.2, 0.25) is 0 Å². The number of anilines is 2. The van der Waals surface area contributed by atoms with Crippen LogP contribution in [0.5, 0.6) is 0 Å². The minimum absolute atomic E-state index is 0.0416. The molecule has 1 N–H and O–H groups in total. The van der Waals surface area contributed by atoms with Crippen LogP contribution in [0.25, 0.3) is 22.4 Å². The average Bonchev–Trinajstić information content (AvgIpc) is 2.70. The van der Waals surface area contributed by atoms with Gasteiger partial charge in [-0.05, 0) is 30.3 Å². The fourth-order valence-electron chi connectivity index (χ4n) is 2.63. The third-order valence-electron chi connectivity index (χ3n) is 3.91. The van der Waals surface area contributed by atoms with E-state index in [1.165, 1.54) is 0 Å². The maximum Gasteiger partial charge on any atom is 0.271 e. The van der Waals surface area contributed by atoms with Crippen molar-refractivity contribution < 1.29 is 9.31 Å². The highest BCUT2D eigenvalue weighted by Crippen LogP contribution is 2.29. The minimum Gasteiger partial charge on any atom is -0.337 e. The van der Waals surface area contributed by atoms with Crippen molar-refractivity contribution in [3.05, 3.63) is 82.8 Å². The van der Waals surface area contributed by atoms with Crippen LogP contribution in [0.3, 0.4) is 0 Å². The van der Waals surface area contributed by atoms with Crippen molar-refractivity contribution in [2.75, 3.05) is 5.32 Å². The first kappa shape index (κ1) is 16.5. The largest absolute Gasteiger partial charge is 0.337 e. The number of aromatic nitrogens is 3. The zero-order valence-electron chi connectivity index (χ0n) is 13.8. The molecule has 0 amide bonds. The molecule has 0 atom stereocenters. The number of pyridine rings is 1. The van der Waals surface area contributed by atoms with E-state index in [-0.39, 0.29) is 11.4 Å². The summed E-state index contributed by atoms with van der Waals surface area (Å²) in [6, 6.07) is 15.9. The summed E-state index contributed by atoms with van der Waals surface area (Å²) in [7, 11) is 0.